The molecule has 210 valence electrons. The van der Waals surface area contributed by atoms with Crippen molar-refractivity contribution in [1.82, 2.24) is 9.88 Å². The number of aromatic nitrogens is 1. The number of aliphatic hydroxyl groups is 1. The monoisotopic (exact) mass is 566 g/mol. The maximum absolute atomic E-state index is 15.8. The first-order valence-corrected chi connectivity index (χ1v) is 13.6. The highest BCUT2D eigenvalue weighted by Gasteiger charge is 2.41. The van der Waals surface area contributed by atoms with Crippen LogP contribution in [0, 0.1) is 22.9 Å². The quantitative estimate of drug-likeness (QED) is 0.170. The number of thioether (sulfide) groups is 1. The summed E-state index contributed by atoms with van der Waals surface area (Å²) in [5, 5.41) is 20.4. The number of likely N-dealkylation sites (tertiary alicyclic amines) is 1. The number of pyridine rings is 1. The molecule has 0 radical (unpaired) electrons. The molecule has 1 atom stereocenters. The molecule has 1 saturated heterocycles. The topological polar surface area (TPSA) is 82.9 Å². The van der Waals surface area contributed by atoms with Crippen molar-refractivity contribution in [3.63, 3.8) is 0 Å². The van der Waals surface area contributed by atoms with Gasteiger partial charge in [-0.25, -0.2) is 17.6 Å². The van der Waals surface area contributed by atoms with Crippen LogP contribution in [0.5, 0.6) is 5.75 Å². The van der Waals surface area contributed by atoms with Crippen molar-refractivity contribution in [3.05, 3.63) is 65.1 Å². The Morgan fingerprint density at radius 2 is 1.87 bits per heavy atom. The number of alkyl halides is 1. The number of carboxylic acid groups (broad SMARTS) is 1. The maximum atomic E-state index is 15.8. The Morgan fingerprint density at radius 1 is 1.18 bits per heavy atom. The summed E-state index contributed by atoms with van der Waals surface area (Å²) in [5.74, 6) is -3.93. The van der Waals surface area contributed by atoms with E-state index in [4.69, 9.17) is 4.74 Å². The first-order chi connectivity index (χ1) is 18.7. The Bertz CT molecular complexity index is 1310. The SMILES string of the molecule is COc1ccc2ncc(CO)c([C@H](F)CCC3(C(=O)O)CCN(CCSc4cc(F)c(F)c(F)c4)CC3)c2c1. The number of hydrogen-bond donors (Lipinski definition) is 2. The van der Waals surface area contributed by atoms with Crippen LogP contribution in [-0.2, 0) is 11.4 Å². The molecular weight excluding hydrogens is 536 g/mol. The Hall–Kier alpha value is -2.89. The molecule has 0 unspecified atom stereocenters. The zero-order valence-electron chi connectivity index (χ0n) is 21.4. The number of fused-ring (bicyclic) bond motifs is 1. The van der Waals surface area contributed by atoms with Crippen LogP contribution in [0.25, 0.3) is 10.9 Å². The number of rotatable bonds is 11. The van der Waals surface area contributed by atoms with Gasteiger partial charge in [-0.2, -0.15) is 0 Å². The van der Waals surface area contributed by atoms with E-state index >= 15 is 4.39 Å². The minimum absolute atomic E-state index is 0.0346. The maximum Gasteiger partial charge on any atom is 0.309 e. The van der Waals surface area contributed by atoms with E-state index in [9.17, 15) is 28.2 Å². The largest absolute Gasteiger partial charge is 0.497 e. The number of methoxy groups -OCH3 is 1. The van der Waals surface area contributed by atoms with Crippen molar-refractivity contribution in [2.75, 3.05) is 32.5 Å². The molecule has 1 aliphatic heterocycles. The van der Waals surface area contributed by atoms with Crippen LogP contribution >= 0.6 is 11.8 Å². The Kier molecular flexibility index (Phi) is 9.35. The van der Waals surface area contributed by atoms with Gasteiger partial charge >= 0.3 is 5.97 Å². The van der Waals surface area contributed by atoms with Gasteiger partial charge in [0.05, 0.1) is 24.6 Å². The van der Waals surface area contributed by atoms with E-state index in [1.165, 1.54) is 25.1 Å². The van der Waals surface area contributed by atoms with Crippen LogP contribution in [-0.4, -0.2) is 58.6 Å². The molecule has 39 heavy (non-hydrogen) atoms. The number of nitrogens with zero attached hydrogens (tertiary/aromatic N) is 2. The molecule has 2 aromatic carbocycles. The van der Waals surface area contributed by atoms with Gasteiger partial charge in [-0.05, 0) is 69.1 Å². The second kappa shape index (κ2) is 12.5. The van der Waals surface area contributed by atoms with Crippen LogP contribution in [0.15, 0.2) is 41.4 Å². The minimum Gasteiger partial charge on any atom is -0.497 e. The van der Waals surface area contributed by atoms with Crippen molar-refractivity contribution in [1.29, 1.82) is 0 Å². The van der Waals surface area contributed by atoms with E-state index in [0.717, 1.165) is 12.1 Å². The second-order valence-corrected chi connectivity index (χ2v) is 10.9. The fourth-order valence-corrected chi connectivity index (χ4v) is 6.05. The summed E-state index contributed by atoms with van der Waals surface area (Å²) in [5.41, 5.74) is 0.110. The molecule has 3 aromatic rings. The summed E-state index contributed by atoms with van der Waals surface area (Å²) in [6.07, 6.45) is 0.683. The van der Waals surface area contributed by atoms with Crippen LogP contribution in [0.4, 0.5) is 17.6 Å². The summed E-state index contributed by atoms with van der Waals surface area (Å²) < 4.78 is 61.0. The molecule has 2 heterocycles. The third-order valence-corrected chi connectivity index (χ3v) is 8.42. The van der Waals surface area contributed by atoms with Crippen molar-refractivity contribution in [2.24, 2.45) is 5.41 Å². The normalized spacial score (nSPS) is 16.4. The predicted octanol–water partition coefficient (Wildman–Crippen LogP) is 5.90. The first-order valence-electron chi connectivity index (χ1n) is 12.6. The van der Waals surface area contributed by atoms with Gasteiger partial charge in [0.2, 0.25) is 0 Å². The van der Waals surface area contributed by atoms with E-state index < -0.39 is 41.6 Å². The molecule has 0 spiro atoms. The molecule has 11 heteroatoms. The number of carboxylic acids is 1. The highest BCUT2D eigenvalue weighted by Crippen LogP contribution is 2.41. The predicted molar refractivity (Wildman–Crippen MR) is 140 cm³/mol. The molecule has 1 fully saturated rings. The van der Waals surface area contributed by atoms with Crippen LogP contribution in [0.1, 0.15) is 43.0 Å². The number of carbonyl (C=O) groups is 1. The lowest BCUT2D eigenvalue weighted by atomic mass is 9.74. The van der Waals surface area contributed by atoms with Gasteiger partial charge in [0.15, 0.2) is 17.5 Å². The number of halogens is 4. The first kappa shape index (κ1) is 29.1. The number of benzene rings is 2. The number of piperidine rings is 1. The van der Waals surface area contributed by atoms with Gasteiger partial charge in [0.1, 0.15) is 11.9 Å². The lowest BCUT2D eigenvalue weighted by molar-refractivity contribution is -0.153. The molecule has 4 rings (SSSR count). The van der Waals surface area contributed by atoms with Gasteiger partial charge in [0.25, 0.3) is 0 Å². The highest BCUT2D eigenvalue weighted by molar-refractivity contribution is 7.99. The fraction of sp³-hybridized carbons (Fsp3) is 0.429. The van der Waals surface area contributed by atoms with E-state index in [2.05, 4.69) is 9.88 Å². The average molecular weight is 567 g/mol. The number of aliphatic hydroxyl groups excluding tert-OH is 1. The number of hydrogen-bond acceptors (Lipinski definition) is 6. The Morgan fingerprint density at radius 3 is 2.49 bits per heavy atom. The molecular formula is C28H30F4N2O4S. The van der Waals surface area contributed by atoms with Crippen molar-refractivity contribution >= 4 is 28.6 Å². The fourth-order valence-electron chi connectivity index (χ4n) is 5.09. The van der Waals surface area contributed by atoms with Gasteiger partial charge in [-0.15, -0.1) is 11.8 Å². The number of aliphatic carboxylic acids is 1. The highest BCUT2D eigenvalue weighted by atomic mass is 32.2. The Balaban J connectivity index is 1.38. The lowest BCUT2D eigenvalue weighted by Gasteiger charge is -2.39. The zero-order valence-corrected chi connectivity index (χ0v) is 22.2. The van der Waals surface area contributed by atoms with Crippen LogP contribution in [0.2, 0.25) is 0 Å². The van der Waals surface area contributed by atoms with E-state index in [1.807, 2.05) is 0 Å². The molecule has 0 bridgehead atoms. The summed E-state index contributed by atoms with van der Waals surface area (Å²) in [6, 6.07) is 6.99. The molecule has 6 nitrogen and oxygen atoms in total. The van der Waals surface area contributed by atoms with E-state index in [0.29, 0.717) is 66.0 Å². The lowest BCUT2D eigenvalue weighted by Crippen LogP contribution is -2.45. The van der Waals surface area contributed by atoms with E-state index in [1.54, 1.807) is 18.2 Å². The summed E-state index contributed by atoms with van der Waals surface area (Å²) in [6.45, 7) is 1.11. The second-order valence-electron chi connectivity index (χ2n) is 9.72. The molecule has 2 N–H and O–H groups in total. The zero-order chi connectivity index (χ0) is 28.2. The molecule has 0 amide bonds. The van der Waals surface area contributed by atoms with E-state index in [-0.39, 0.29) is 17.7 Å². The summed E-state index contributed by atoms with van der Waals surface area (Å²) >= 11 is 1.19. The summed E-state index contributed by atoms with van der Waals surface area (Å²) in [7, 11) is 1.50. The molecule has 1 aromatic heterocycles. The van der Waals surface area contributed by atoms with Crippen molar-refractivity contribution < 1.29 is 37.3 Å². The molecule has 0 aliphatic carbocycles. The van der Waals surface area contributed by atoms with Crippen LogP contribution < -0.4 is 4.74 Å². The number of ether oxygens (including phenoxy) is 1. The molecule has 0 saturated carbocycles. The van der Waals surface area contributed by atoms with Crippen LogP contribution in [0.3, 0.4) is 0 Å². The van der Waals surface area contributed by atoms with Gasteiger partial charge < -0.3 is 19.8 Å². The average Bonchev–Trinajstić information content (AvgIpc) is 2.94. The summed E-state index contributed by atoms with van der Waals surface area (Å²) in [4.78, 5) is 19.0. The minimum atomic E-state index is -1.51. The van der Waals surface area contributed by atoms with Crippen molar-refractivity contribution in [3.8, 4) is 5.75 Å². The third-order valence-electron chi connectivity index (χ3n) is 7.46. The van der Waals surface area contributed by atoms with Gasteiger partial charge in [-0.1, -0.05) is 0 Å². The Labute approximate surface area is 228 Å². The van der Waals surface area contributed by atoms with Gasteiger partial charge in [0, 0.05) is 39.9 Å². The molecule has 1 aliphatic rings. The third kappa shape index (κ3) is 6.47. The van der Waals surface area contributed by atoms with Crippen molar-refractivity contribution in [2.45, 2.75) is 43.4 Å². The standard InChI is InChI=1S/C28H30F4N2O4S/c1-38-18-2-3-24-20(12-18)25(17(16-35)15-33-24)21(29)4-5-28(27(36)37)6-8-34(9-7-28)10-11-39-19-13-22(30)26(32)23(31)14-19/h2-3,12-15,21,35H,4-11,16H2,1H3,(H,36,37)/t21-/m1/s1. The van der Waals surface area contributed by atoms with Gasteiger partial charge in [-0.3, -0.25) is 9.78 Å². The smallest absolute Gasteiger partial charge is 0.309 e.